The van der Waals surface area contributed by atoms with Gasteiger partial charge in [0, 0.05) is 25.4 Å². The Hall–Kier alpha value is -1.61. The third-order valence-electron chi connectivity index (χ3n) is 3.27. The lowest BCUT2D eigenvalue weighted by Gasteiger charge is -2.19. The van der Waals surface area contributed by atoms with E-state index in [9.17, 15) is 5.11 Å². The number of nitrogens with zero attached hydrogens (tertiary/aromatic N) is 2. The minimum Gasteiger partial charge on any atom is -0.391 e. The number of aliphatic hydroxyl groups excluding tert-OH is 1. The third kappa shape index (κ3) is 3.93. The summed E-state index contributed by atoms with van der Waals surface area (Å²) in [6, 6.07) is 8.52. The van der Waals surface area contributed by atoms with Crippen LogP contribution in [0.3, 0.4) is 0 Å². The molecule has 1 atom stereocenters. The van der Waals surface area contributed by atoms with Gasteiger partial charge in [-0.25, -0.2) is 4.98 Å². The molecule has 19 heavy (non-hydrogen) atoms. The summed E-state index contributed by atoms with van der Waals surface area (Å²) in [5, 5.41) is 10.1. The standard InChI is InChI=1S/C16H22N2O/c1-16(2,3)14-6-4-13(5-7-14)10-15(19)11-18-9-8-17-12-18/h4-9,12,15,19H,10-11H2,1-3H3. The van der Waals surface area contributed by atoms with Gasteiger partial charge in [-0.3, -0.25) is 0 Å². The van der Waals surface area contributed by atoms with Crippen LogP contribution in [0.5, 0.6) is 0 Å². The highest BCUT2D eigenvalue weighted by atomic mass is 16.3. The van der Waals surface area contributed by atoms with E-state index in [2.05, 4.69) is 50.0 Å². The van der Waals surface area contributed by atoms with E-state index in [1.807, 2.05) is 10.8 Å². The summed E-state index contributed by atoms with van der Waals surface area (Å²) in [5.41, 5.74) is 2.66. The maximum Gasteiger partial charge on any atom is 0.0946 e. The Kier molecular flexibility index (Phi) is 4.05. The zero-order chi connectivity index (χ0) is 13.9. The van der Waals surface area contributed by atoms with Gasteiger partial charge in [-0.1, -0.05) is 45.0 Å². The number of rotatable bonds is 4. The van der Waals surface area contributed by atoms with Gasteiger partial charge in [0.05, 0.1) is 12.4 Å². The van der Waals surface area contributed by atoms with Gasteiger partial charge in [0.25, 0.3) is 0 Å². The third-order valence-corrected chi connectivity index (χ3v) is 3.27. The molecule has 0 radical (unpaired) electrons. The van der Waals surface area contributed by atoms with Gasteiger partial charge in [0.15, 0.2) is 0 Å². The quantitative estimate of drug-likeness (QED) is 0.915. The summed E-state index contributed by atoms with van der Waals surface area (Å²) in [7, 11) is 0. The minimum atomic E-state index is -0.380. The number of aromatic nitrogens is 2. The molecule has 0 aliphatic carbocycles. The average Bonchev–Trinajstić information content (AvgIpc) is 2.81. The van der Waals surface area contributed by atoms with Crippen LogP contribution in [0, 0.1) is 0 Å². The average molecular weight is 258 g/mol. The lowest BCUT2D eigenvalue weighted by atomic mass is 9.86. The van der Waals surface area contributed by atoms with Crippen molar-refractivity contribution < 1.29 is 5.11 Å². The van der Waals surface area contributed by atoms with Crippen LogP contribution in [0.15, 0.2) is 43.0 Å². The number of hydrogen-bond donors (Lipinski definition) is 1. The predicted octanol–water partition coefficient (Wildman–Crippen LogP) is 2.78. The second-order valence-corrected chi connectivity index (χ2v) is 6.06. The van der Waals surface area contributed by atoms with Crippen molar-refractivity contribution >= 4 is 0 Å². The van der Waals surface area contributed by atoms with E-state index in [0.29, 0.717) is 13.0 Å². The second kappa shape index (κ2) is 5.57. The zero-order valence-corrected chi connectivity index (χ0v) is 11.9. The van der Waals surface area contributed by atoms with Crippen molar-refractivity contribution in [3.63, 3.8) is 0 Å². The molecule has 1 heterocycles. The fourth-order valence-electron chi connectivity index (χ4n) is 2.12. The largest absolute Gasteiger partial charge is 0.391 e. The van der Waals surface area contributed by atoms with E-state index in [4.69, 9.17) is 0 Å². The number of imidazole rings is 1. The molecule has 3 heteroatoms. The van der Waals surface area contributed by atoms with E-state index in [0.717, 1.165) is 0 Å². The molecule has 1 unspecified atom stereocenters. The van der Waals surface area contributed by atoms with Crippen LogP contribution in [0.4, 0.5) is 0 Å². The molecule has 2 aromatic rings. The van der Waals surface area contributed by atoms with E-state index >= 15 is 0 Å². The Bertz CT molecular complexity index is 495. The molecular formula is C16H22N2O. The molecule has 0 saturated carbocycles. The van der Waals surface area contributed by atoms with Gasteiger partial charge in [0.1, 0.15) is 0 Å². The van der Waals surface area contributed by atoms with Crippen LogP contribution in [0.1, 0.15) is 31.9 Å². The highest BCUT2D eigenvalue weighted by molar-refractivity contribution is 5.27. The summed E-state index contributed by atoms with van der Waals surface area (Å²) >= 11 is 0. The van der Waals surface area contributed by atoms with Crippen molar-refractivity contribution in [1.82, 2.24) is 9.55 Å². The fraction of sp³-hybridized carbons (Fsp3) is 0.438. The maximum absolute atomic E-state index is 10.1. The van der Waals surface area contributed by atoms with Gasteiger partial charge >= 0.3 is 0 Å². The van der Waals surface area contributed by atoms with E-state index in [1.54, 1.807) is 12.5 Å². The number of benzene rings is 1. The molecule has 0 bridgehead atoms. The molecule has 0 aliphatic heterocycles. The molecule has 102 valence electrons. The molecular weight excluding hydrogens is 236 g/mol. The van der Waals surface area contributed by atoms with Crippen LogP contribution in [0.2, 0.25) is 0 Å². The summed E-state index contributed by atoms with van der Waals surface area (Å²) in [6.45, 7) is 7.20. The molecule has 0 aliphatic rings. The normalized spacial score (nSPS) is 13.5. The lowest BCUT2D eigenvalue weighted by Crippen LogP contribution is -2.18. The monoisotopic (exact) mass is 258 g/mol. The van der Waals surface area contributed by atoms with Crippen molar-refractivity contribution in [3.05, 3.63) is 54.1 Å². The van der Waals surface area contributed by atoms with Crippen LogP contribution < -0.4 is 0 Å². The molecule has 1 aromatic carbocycles. The van der Waals surface area contributed by atoms with E-state index < -0.39 is 0 Å². The first-order chi connectivity index (χ1) is 8.95. The first-order valence-electron chi connectivity index (χ1n) is 6.68. The Labute approximate surface area is 114 Å². The molecule has 0 amide bonds. The van der Waals surface area contributed by atoms with Gasteiger partial charge in [-0.05, 0) is 16.5 Å². The summed E-state index contributed by atoms with van der Waals surface area (Å²) in [6.07, 6.45) is 5.61. The maximum atomic E-state index is 10.1. The predicted molar refractivity (Wildman–Crippen MR) is 77.1 cm³/mol. The molecule has 1 N–H and O–H groups in total. The van der Waals surface area contributed by atoms with Gasteiger partial charge < -0.3 is 9.67 Å². The number of hydrogen-bond acceptors (Lipinski definition) is 2. The molecule has 3 nitrogen and oxygen atoms in total. The smallest absolute Gasteiger partial charge is 0.0946 e. The molecule has 0 fully saturated rings. The summed E-state index contributed by atoms with van der Waals surface area (Å²) in [4.78, 5) is 3.97. The van der Waals surface area contributed by atoms with Crippen LogP contribution in [0.25, 0.3) is 0 Å². The van der Waals surface area contributed by atoms with Gasteiger partial charge in [-0.2, -0.15) is 0 Å². The molecule has 0 saturated heterocycles. The molecule has 0 spiro atoms. The van der Waals surface area contributed by atoms with Gasteiger partial charge in [0.2, 0.25) is 0 Å². The Morgan fingerprint density at radius 1 is 1.21 bits per heavy atom. The van der Waals surface area contributed by atoms with Gasteiger partial charge in [-0.15, -0.1) is 0 Å². The highest BCUT2D eigenvalue weighted by Gasteiger charge is 2.13. The van der Waals surface area contributed by atoms with E-state index in [1.165, 1.54) is 11.1 Å². The number of aliphatic hydroxyl groups is 1. The van der Waals surface area contributed by atoms with Crippen LogP contribution in [-0.2, 0) is 18.4 Å². The summed E-state index contributed by atoms with van der Waals surface area (Å²) in [5.74, 6) is 0. The Balaban J connectivity index is 1.96. The topological polar surface area (TPSA) is 38.0 Å². The first-order valence-corrected chi connectivity index (χ1v) is 6.68. The van der Waals surface area contributed by atoms with Crippen LogP contribution in [-0.4, -0.2) is 20.8 Å². The zero-order valence-electron chi connectivity index (χ0n) is 11.9. The SMILES string of the molecule is CC(C)(C)c1ccc(CC(O)Cn2ccnc2)cc1. The highest BCUT2D eigenvalue weighted by Crippen LogP contribution is 2.22. The Morgan fingerprint density at radius 3 is 2.42 bits per heavy atom. The Morgan fingerprint density at radius 2 is 1.89 bits per heavy atom. The van der Waals surface area contributed by atoms with Crippen molar-refractivity contribution in [2.24, 2.45) is 0 Å². The van der Waals surface area contributed by atoms with E-state index in [-0.39, 0.29) is 11.5 Å². The van der Waals surface area contributed by atoms with Crippen molar-refractivity contribution in [2.75, 3.05) is 0 Å². The van der Waals surface area contributed by atoms with Crippen molar-refractivity contribution in [3.8, 4) is 0 Å². The second-order valence-electron chi connectivity index (χ2n) is 6.06. The first kappa shape index (κ1) is 13.8. The molecule has 2 rings (SSSR count). The summed E-state index contributed by atoms with van der Waals surface area (Å²) < 4.78 is 1.90. The fourth-order valence-corrected chi connectivity index (χ4v) is 2.12. The van der Waals surface area contributed by atoms with Crippen LogP contribution >= 0.6 is 0 Å². The molecule has 1 aromatic heterocycles. The van der Waals surface area contributed by atoms with Crippen molar-refractivity contribution in [1.29, 1.82) is 0 Å². The minimum absolute atomic E-state index is 0.175. The van der Waals surface area contributed by atoms with Crippen molar-refractivity contribution in [2.45, 2.75) is 45.3 Å². The lowest BCUT2D eigenvalue weighted by molar-refractivity contribution is 0.154.